The summed E-state index contributed by atoms with van der Waals surface area (Å²) >= 11 is 0. The Labute approximate surface area is 105 Å². The Morgan fingerprint density at radius 2 is 2.06 bits per heavy atom. The first-order chi connectivity index (χ1) is 8.22. The van der Waals surface area contributed by atoms with Gasteiger partial charge < -0.3 is 10.5 Å². The van der Waals surface area contributed by atoms with Crippen LogP contribution >= 0.6 is 0 Å². The fourth-order valence-electron chi connectivity index (χ4n) is 1.95. The van der Waals surface area contributed by atoms with E-state index in [1.54, 1.807) is 0 Å². The molecule has 0 aliphatic rings. The molecular weight excluding hydrogens is 210 g/mol. The van der Waals surface area contributed by atoms with Crippen molar-refractivity contribution in [3.05, 3.63) is 29.3 Å². The smallest absolute Gasteiger partial charge is 0.122 e. The van der Waals surface area contributed by atoms with Gasteiger partial charge in [-0.15, -0.1) is 0 Å². The molecule has 2 N–H and O–H groups in total. The van der Waals surface area contributed by atoms with Crippen LogP contribution in [0.25, 0.3) is 0 Å². The van der Waals surface area contributed by atoms with Gasteiger partial charge >= 0.3 is 0 Å². The minimum absolute atomic E-state index is 0.550. The second-order valence-corrected chi connectivity index (χ2v) is 4.51. The third-order valence-electron chi connectivity index (χ3n) is 3.19. The molecule has 0 heterocycles. The third kappa shape index (κ3) is 4.04. The first kappa shape index (κ1) is 14.0. The second kappa shape index (κ2) is 7.33. The van der Waals surface area contributed by atoms with Crippen LogP contribution in [0.1, 0.15) is 50.7 Å². The Bertz CT molecular complexity index is 336. The maximum Gasteiger partial charge on any atom is 0.122 e. The molecule has 0 fully saturated rings. The van der Waals surface area contributed by atoms with Crippen LogP contribution < -0.4 is 10.5 Å². The summed E-state index contributed by atoms with van der Waals surface area (Å²) in [5, 5.41) is 0. The van der Waals surface area contributed by atoms with Crippen molar-refractivity contribution in [3.63, 3.8) is 0 Å². The minimum Gasteiger partial charge on any atom is -0.494 e. The molecule has 1 aromatic rings. The van der Waals surface area contributed by atoms with E-state index in [0.29, 0.717) is 5.92 Å². The summed E-state index contributed by atoms with van der Waals surface area (Å²) in [6.07, 6.45) is 3.25. The van der Waals surface area contributed by atoms with E-state index in [4.69, 9.17) is 10.5 Å². The van der Waals surface area contributed by atoms with Crippen molar-refractivity contribution in [2.75, 3.05) is 13.2 Å². The molecule has 96 valence electrons. The lowest BCUT2D eigenvalue weighted by Crippen LogP contribution is -2.03. The molecular formula is C15H25NO. The van der Waals surface area contributed by atoms with Gasteiger partial charge in [-0.05, 0) is 55.8 Å². The lowest BCUT2D eigenvalue weighted by Gasteiger charge is -2.16. The molecule has 0 saturated carbocycles. The molecule has 0 amide bonds. The zero-order chi connectivity index (χ0) is 12.7. The van der Waals surface area contributed by atoms with E-state index >= 15 is 0 Å². The standard InChI is InChI=1S/C15H25NO/c1-4-12(3)14-11-13(7-6-10-16)8-9-15(14)17-5-2/h8-9,11-12H,4-7,10,16H2,1-3H3. The van der Waals surface area contributed by atoms with Gasteiger partial charge in [-0.1, -0.05) is 26.0 Å². The van der Waals surface area contributed by atoms with E-state index in [0.717, 1.165) is 38.2 Å². The summed E-state index contributed by atoms with van der Waals surface area (Å²) in [4.78, 5) is 0. The van der Waals surface area contributed by atoms with Gasteiger partial charge in [0.2, 0.25) is 0 Å². The Morgan fingerprint density at radius 1 is 1.29 bits per heavy atom. The predicted molar refractivity (Wildman–Crippen MR) is 73.7 cm³/mol. The van der Waals surface area contributed by atoms with Crippen LogP contribution in [0, 0.1) is 0 Å². The molecule has 0 radical (unpaired) electrons. The van der Waals surface area contributed by atoms with Gasteiger partial charge in [0.05, 0.1) is 6.61 Å². The average molecular weight is 235 g/mol. The van der Waals surface area contributed by atoms with Gasteiger partial charge in [-0.2, -0.15) is 0 Å². The Balaban J connectivity index is 2.92. The molecule has 1 rings (SSSR count). The molecule has 17 heavy (non-hydrogen) atoms. The van der Waals surface area contributed by atoms with Gasteiger partial charge in [0, 0.05) is 0 Å². The van der Waals surface area contributed by atoms with Crippen LogP contribution in [0.3, 0.4) is 0 Å². The van der Waals surface area contributed by atoms with Crippen molar-refractivity contribution in [2.45, 2.75) is 46.0 Å². The van der Waals surface area contributed by atoms with Crippen molar-refractivity contribution in [2.24, 2.45) is 5.73 Å². The molecule has 0 saturated heterocycles. The second-order valence-electron chi connectivity index (χ2n) is 4.51. The average Bonchev–Trinajstić information content (AvgIpc) is 2.37. The van der Waals surface area contributed by atoms with Gasteiger partial charge in [0.15, 0.2) is 0 Å². The van der Waals surface area contributed by atoms with Gasteiger partial charge in [-0.25, -0.2) is 0 Å². The molecule has 1 unspecified atom stereocenters. The number of hydrogen-bond acceptors (Lipinski definition) is 2. The molecule has 0 spiro atoms. The van der Waals surface area contributed by atoms with Crippen LogP contribution in [-0.2, 0) is 6.42 Å². The van der Waals surface area contributed by atoms with Crippen LogP contribution in [0.15, 0.2) is 18.2 Å². The molecule has 0 aromatic heterocycles. The van der Waals surface area contributed by atoms with Crippen LogP contribution in [-0.4, -0.2) is 13.2 Å². The quantitative estimate of drug-likeness (QED) is 0.785. The zero-order valence-electron chi connectivity index (χ0n) is 11.3. The summed E-state index contributed by atoms with van der Waals surface area (Å²) in [7, 11) is 0. The van der Waals surface area contributed by atoms with Crippen LogP contribution in [0.2, 0.25) is 0 Å². The van der Waals surface area contributed by atoms with Crippen LogP contribution in [0.5, 0.6) is 5.75 Å². The van der Waals surface area contributed by atoms with E-state index in [9.17, 15) is 0 Å². The highest BCUT2D eigenvalue weighted by Crippen LogP contribution is 2.30. The first-order valence-electron chi connectivity index (χ1n) is 6.68. The first-order valence-corrected chi connectivity index (χ1v) is 6.68. The van der Waals surface area contributed by atoms with E-state index in [1.807, 2.05) is 6.92 Å². The summed E-state index contributed by atoms with van der Waals surface area (Å²) < 4.78 is 5.69. The molecule has 0 aliphatic carbocycles. The van der Waals surface area contributed by atoms with Gasteiger partial charge in [-0.3, -0.25) is 0 Å². The Kier molecular flexibility index (Phi) is 6.06. The van der Waals surface area contributed by atoms with E-state index in [-0.39, 0.29) is 0 Å². The molecule has 0 bridgehead atoms. The fraction of sp³-hybridized carbons (Fsp3) is 0.600. The van der Waals surface area contributed by atoms with Crippen molar-refractivity contribution in [1.29, 1.82) is 0 Å². The monoisotopic (exact) mass is 235 g/mol. The molecule has 1 aromatic carbocycles. The summed E-state index contributed by atoms with van der Waals surface area (Å²) in [6.45, 7) is 7.98. The summed E-state index contributed by atoms with van der Waals surface area (Å²) in [5.74, 6) is 1.59. The van der Waals surface area contributed by atoms with E-state index in [1.165, 1.54) is 11.1 Å². The number of nitrogens with two attached hydrogens (primary N) is 1. The third-order valence-corrected chi connectivity index (χ3v) is 3.19. The number of ether oxygens (including phenoxy) is 1. The maximum atomic E-state index is 5.69. The lowest BCUT2D eigenvalue weighted by atomic mass is 9.94. The minimum atomic E-state index is 0.550. The topological polar surface area (TPSA) is 35.2 Å². The molecule has 0 aliphatic heterocycles. The highest BCUT2D eigenvalue weighted by Gasteiger charge is 2.10. The summed E-state index contributed by atoms with van der Waals surface area (Å²) in [6, 6.07) is 6.55. The molecule has 1 atom stereocenters. The van der Waals surface area contributed by atoms with Crippen LogP contribution in [0.4, 0.5) is 0 Å². The van der Waals surface area contributed by atoms with Crippen molar-refractivity contribution in [3.8, 4) is 5.75 Å². The van der Waals surface area contributed by atoms with E-state index in [2.05, 4.69) is 32.0 Å². The predicted octanol–water partition coefficient (Wildman–Crippen LogP) is 3.49. The Hall–Kier alpha value is -1.02. The number of hydrogen-bond donors (Lipinski definition) is 1. The molecule has 2 nitrogen and oxygen atoms in total. The van der Waals surface area contributed by atoms with Crippen molar-refractivity contribution >= 4 is 0 Å². The number of benzene rings is 1. The zero-order valence-corrected chi connectivity index (χ0v) is 11.3. The van der Waals surface area contributed by atoms with Crippen molar-refractivity contribution in [1.82, 2.24) is 0 Å². The largest absolute Gasteiger partial charge is 0.494 e. The number of rotatable bonds is 7. The lowest BCUT2D eigenvalue weighted by molar-refractivity contribution is 0.334. The number of aryl methyl sites for hydroxylation is 1. The highest BCUT2D eigenvalue weighted by molar-refractivity contribution is 5.39. The van der Waals surface area contributed by atoms with E-state index < -0.39 is 0 Å². The fourth-order valence-corrected chi connectivity index (χ4v) is 1.95. The molecule has 2 heteroatoms. The summed E-state index contributed by atoms with van der Waals surface area (Å²) in [5.41, 5.74) is 8.26. The van der Waals surface area contributed by atoms with Crippen molar-refractivity contribution < 1.29 is 4.74 Å². The normalized spacial score (nSPS) is 12.5. The highest BCUT2D eigenvalue weighted by atomic mass is 16.5. The SMILES string of the molecule is CCOc1ccc(CCCN)cc1C(C)CC. The van der Waals surface area contributed by atoms with Gasteiger partial charge in [0.1, 0.15) is 5.75 Å². The Morgan fingerprint density at radius 3 is 2.65 bits per heavy atom. The maximum absolute atomic E-state index is 5.69. The van der Waals surface area contributed by atoms with Gasteiger partial charge in [0.25, 0.3) is 0 Å².